The Balaban J connectivity index is 2.12. The fraction of sp³-hybridized carbons (Fsp3) is 0.867. The summed E-state index contributed by atoms with van der Waals surface area (Å²) in [6.07, 6.45) is 3.65. The number of carboxylic acid groups (broad SMARTS) is 1. The van der Waals surface area contributed by atoms with Gasteiger partial charge in [-0.2, -0.15) is 0 Å². The Morgan fingerprint density at radius 2 is 1.95 bits per heavy atom. The Morgan fingerprint density at radius 1 is 1.29 bits per heavy atom. The van der Waals surface area contributed by atoms with Gasteiger partial charge in [-0.05, 0) is 51.6 Å². The van der Waals surface area contributed by atoms with E-state index in [1.54, 1.807) is 4.90 Å². The highest BCUT2D eigenvalue weighted by Crippen LogP contribution is 2.26. The van der Waals surface area contributed by atoms with Gasteiger partial charge in [0.05, 0.1) is 0 Å². The summed E-state index contributed by atoms with van der Waals surface area (Å²) in [5, 5.41) is 12.8. The minimum Gasteiger partial charge on any atom is -0.480 e. The molecule has 2 aliphatic heterocycles. The number of aliphatic carboxylic acids is 1. The Bertz CT molecular complexity index is 382. The molecule has 2 unspecified atom stereocenters. The highest BCUT2D eigenvalue weighted by atomic mass is 16.4. The fourth-order valence-corrected chi connectivity index (χ4v) is 3.61. The molecular formula is C15H27N3O3. The first-order valence-electron chi connectivity index (χ1n) is 8.07. The second kappa shape index (κ2) is 7.11. The van der Waals surface area contributed by atoms with Crippen LogP contribution >= 0.6 is 0 Å². The molecule has 2 heterocycles. The van der Waals surface area contributed by atoms with Crippen molar-refractivity contribution in [2.45, 2.75) is 51.6 Å². The first kappa shape index (κ1) is 16.1. The molecule has 2 rings (SSSR count). The van der Waals surface area contributed by atoms with Crippen molar-refractivity contribution in [3.05, 3.63) is 0 Å². The molecule has 0 spiro atoms. The van der Waals surface area contributed by atoms with Gasteiger partial charge >= 0.3 is 12.0 Å². The molecule has 2 aliphatic rings. The minimum absolute atomic E-state index is 0.0203. The summed E-state index contributed by atoms with van der Waals surface area (Å²) in [5.41, 5.74) is 0. The van der Waals surface area contributed by atoms with E-state index >= 15 is 0 Å². The monoisotopic (exact) mass is 297 g/mol. The van der Waals surface area contributed by atoms with Crippen LogP contribution in [0.3, 0.4) is 0 Å². The maximum absolute atomic E-state index is 12.9. The van der Waals surface area contributed by atoms with E-state index in [1.807, 2.05) is 18.7 Å². The van der Waals surface area contributed by atoms with Gasteiger partial charge in [0.25, 0.3) is 0 Å². The maximum atomic E-state index is 12.9. The highest BCUT2D eigenvalue weighted by molar-refractivity contribution is 5.83. The molecule has 0 aromatic rings. The zero-order chi connectivity index (χ0) is 15.4. The predicted octanol–water partition coefficient (Wildman–Crippen LogP) is 1.37. The molecule has 0 bridgehead atoms. The van der Waals surface area contributed by atoms with E-state index in [0.717, 1.165) is 38.8 Å². The summed E-state index contributed by atoms with van der Waals surface area (Å²) in [6.45, 7) is 6.95. The quantitative estimate of drug-likeness (QED) is 0.825. The van der Waals surface area contributed by atoms with Gasteiger partial charge in [-0.3, -0.25) is 0 Å². The average Bonchev–Trinajstić information content (AvgIpc) is 2.48. The molecule has 2 saturated heterocycles. The lowest BCUT2D eigenvalue weighted by molar-refractivity contribution is -0.145. The van der Waals surface area contributed by atoms with E-state index in [9.17, 15) is 14.7 Å². The van der Waals surface area contributed by atoms with E-state index in [1.165, 1.54) is 0 Å². The molecule has 0 aliphatic carbocycles. The van der Waals surface area contributed by atoms with Gasteiger partial charge in [-0.1, -0.05) is 6.92 Å². The fourth-order valence-electron chi connectivity index (χ4n) is 3.61. The largest absolute Gasteiger partial charge is 0.480 e. The average molecular weight is 297 g/mol. The number of likely N-dealkylation sites (tertiary alicyclic amines) is 1. The van der Waals surface area contributed by atoms with E-state index in [2.05, 4.69) is 5.32 Å². The molecule has 0 aromatic carbocycles. The Labute approximate surface area is 126 Å². The van der Waals surface area contributed by atoms with Crippen LogP contribution in [0.1, 0.15) is 39.5 Å². The van der Waals surface area contributed by atoms with Crippen LogP contribution in [0.4, 0.5) is 4.79 Å². The Kier molecular flexibility index (Phi) is 5.45. The van der Waals surface area contributed by atoms with Crippen molar-refractivity contribution in [3.8, 4) is 0 Å². The first-order valence-corrected chi connectivity index (χ1v) is 8.07. The van der Waals surface area contributed by atoms with Crippen LogP contribution in [-0.2, 0) is 4.79 Å². The third kappa shape index (κ3) is 3.48. The summed E-state index contributed by atoms with van der Waals surface area (Å²) < 4.78 is 0. The lowest BCUT2D eigenvalue weighted by Gasteiger charge is -2.42. The van der Waals surface area contributed by atoms with Crippen LogP contribution in [-0.4, -0.2) is 65.2 Å². The summed E-state index contributed by atoms with van der Waals surface area (Å²) >= 11 is 0. The van der Waals surface area contributed by atoms with Crippen molar-refractivity contribution in [2.24, 2.45) is 5.92 Å². The zero-order valence-corrected chi connectivity index (χ0v) is 13.0. The molecule has 0 saturated carbocycles. The van der Waals surface area contributed by atoms with Crippen molar-refractivity contribution >= 4 is 12.0 Å². The van der Waals surface area contributed by atoms with Crippen LogP contribution in [0.5, 0.6) is 0 Å². The van der Waals surface area contributed by atoms with Crippen molar-refractivity contribution in [2.75, 3.05) is 26.2 Å². The molecule has 2 N–H and O–H groups in total. The van der Waals surface area contributed by atoms with Gasteiger partial charge in [0.1, 0.15) is 6.04 Å². The molecule has 6 heteroatoms. The third-order valence-electron chi connectivity index (χ3n) is 4.77. The molecule has 2 fully saturated rings. The number of urea groups is 1. The van der Waals surface area contributed by atoms with Crippen molar-refractivity contribution in [3.63, 3.8) is 0 Å². The van der Waals surface area contributed by atoms with E-state index in [4.69, 9.17) is 0 Å². The Hall–Kier alpha value is -1.30. The van der Waals surface area contributed by atoms with E-state index in [-0.39, 0.29) is 18.0 Å². The highest BCUT2D eigenvalue weighted by Gasteiger charge is 2.39. The number of nitrogens with one attached hydrogen (secondary N) is 1. The van der Waals surface area contributed by atoms with Crippen LogP contribution < -0.4 is 5.32 Å². The van der Waals surface area contributed by atoms with E-state index < -0.39 is 12.0 Å². The number of piperidine rings is 2. The number of nitrogens with zero attached hydrogens (tertiary/aromatic N) is 2. The number of amides is 2. The van der Waals surface area contributed by atoms with Gasteiger partial charge in [0.15, 0.2) is 0 Å². The molecule has 6 nitrogen and oxygen atoms in total. The Morgan fingerprint density at radius 3 is 2.52 bits per heavy atom. The molecule has 120 valence electrons. The molecule has 0 radical (unpaired) electrons. The van der Waals surface area contributed by atoms with Crippen LogP contribution in [0.25, 0.3) is 0 Å². The molecule has 21 heavy (non-hydrogen) atoms. The second-order valence-corrected chi connectivity index (χ2v) is 6.15. The normalized spacial score (nSPS) is 27.4. The van der Waals surface area contributed by atoms with Crippen LogP contribution in [0.15, 0.2) is 0 Å². The van der Waals surface area contributed by atoms with Crippen molar-refractivity contribution < 1.29 is 14.7 Å². The van der Waals surface area contributed by atoms with E-state index in [0.29, 0.717) is 13.1 Å². The molecule has 0 aromatic heterocycles. The van der Waals surface area contributed by atoms with Crippen LogP contribution in [0.2, 0.25) is 0 Å². The summed E-state index contributed by atoms with van der Waals surface area (Å²) in [5.74, 6) is -0.858. The summed E-state index contributed by atoms with van der Waals surface area (Å²) in [6, 6.07) is -0.541. The minimum atomic E-state index is -0.878. The van der Waals surface area contributed by atoms with Gasteiger partial charge in [-0.25, -0.2) is 9.59 Å². The smallest absolute Gasteiger partial charge is 0.326 e. The predicted molar refractivity (Wildman–Crippen MR) is 80.2 cm³/mol. The number of carbonyl (C=O) groups is 2. The second-order valence-electron chi connectivity index (χ2n) is 6.15. The van der Waals surface area contributed by atoms with Gasteiger partial charge in [-0.15, -0.1) is 0 Å². The maximum Gasteiger partial charge on any atom is 0.326 e. The lowest BCUT2D eigenvalue weighted by Crippen LogP contribution is -2.58. The van der Waals surface area contributed by atoms with Crippen molar-refractivity contribution in [1.82, 2.24) is 15.1 Å². The lowest BCUT2D eigenvalue weighted by atomic mass is 9.91. The number of hydrogen-bond donors (Lipinski definition) is 2. The zero-order valence-electron chi connectivity index (χ0n) is 13.0. The number of rotatable bonds is 3. The topological polar surface area (TPSA) is 72.9 Å². The molecule has 2 amide bonds. The van der Waals surface area contributed by atoms with Gasteiger partial charge < -0.3 is 20.2 Å². The number of carboxylic acids is 1. The number of hydrogen-bond acceptors (Lipinski definition) is 3. The summed E-state index contributed by atoms with van der Waals surface area (Å²) in [4.78, 5) is 27.9. The molecular weight excluding hydrogens is 270 g/mol. The standard InChI is InChI=1S/C15H27N3O3/c1-3-17(12-6-8-16-9-7-12)15(21)18-10-4-5-11(2)13(18)14(19)20/h11-13,16H,3-10H2,1-2H3,(H,19,20). The van der Waals surface area contributed by atoms with Crippen LogP contribution in [0, 0.1) is 5.92 Å². The third-order valence-corrected chi connectivity index (χ3v) is 4.77. The van der Waals surface area contributed by atoms with Gasteiger partial charge in [0, 0.05) is 19.1 Å². The summed E-state index contributed by atoms with van der Waals surface area (Å²) in [7, 11) is 0. The number of carbonyl (C=O) groups excluding carboxylic acids is 1. The molecule has 2 atom stereocenters. The van der Waals surface area contributed by atoms with Gasteiger partial charge in [0.2, 0.25) is 0 Å². The van der Waals surface area contributed by atoms with Crippen molar-refractivity contribution in [1.29, 1.82) is 0 Å². The SMILES string of the molecule is CCN(C(=O)N1CCCC(C)C1C(=O)O)C1CCNCC1. The first-order chi connectivity index (χ1) is 10.1.